The molecule has 0 atom stereocenters. The Kier molecular flexibility index (Phi) is 10.1. The lowest BCUT2D eigenvalue weighted by atomic mass is 9.93. The number of amides is 1. The summed E-state index contributed by atoms with van der Waals surface area (Å²) in [5.74, 6) is 0.439. The van der Waals surface area contributed by atoms with Crippen LogP contribution in [0, 0.1) is 5.41 Å². The van der Waals surface area contributed by atoms with Crippen molar-refractivity contribution in [3.63, 3.8) is 0 Å². The van der Waals surface area contributed by atoms with E-state index in [1.807, 2.05) is 20.8 Å². The Morgan fingerprint density at radius 2 is 1.89 bits per heavy atom. The monoisotopic (exact) mass is 487 g/mol. The predicted octanol–water partition coefficient (Wildman–Crippen LogP) is 2.34. The van der Waals surface area contributed by atoms with Crippen LogP contribution in [0.4, 0.5) is 0 Å². The molecule has 0 spiro atoms. The van der Waals surface area contributed by atoms with Gasteiger partial charge in [-0.3, -0.25) is 14.7 Å². The molecular formula is C20H34IN5O. The summed E-state index contributed by atoms with van der Waals surface area (Å²) in [5.41, 5.74) is 6.16. The van der Waals surface area contributed by atoms with Gasteiger partial charge in [-0.1, -0.05) is 30.3 Å². The number of rotatable bonds is 7. The molecule has 1 amide bonds. The molecule has 1 aliphatic rings. The number of piperidine rings is 1. The molecule has 0 saturated carbocycles. The van der Waals surface area contributed by atoms with E-state index in [1.165, 1.54) is 5.56 Å². The van der Waals surface area contributed by atoms with Gasteiger partial charge in [0.05, 0.1) is 12.0 Å². The van der Waals surface area contributed by atoms with Crippen molar-refractivity contribution in [1.82, 2.24) is 15.5 Å². The number of nitrogens with one attached hydrogen (secondary N) is 2. The molecule has 4 N–H and O–H groups in total. The third kappa shape index (κ3) is 8.04. The highest BCUT2D eigenvalue weighted by Gasteiger charge is 2.25. The lowest BCUT2D eigenvalue weighted by molar-refractivity contribution is -0.125. The largest absolute Gasteiger partial charge is 0.369 e. The zero-order valence-electron chi connectivity index (χ0n) is 16.7. The van der Waals surface area contributed by atoms with Gasteiger partial charge in [0.15, 0.2) is 5.96 Å². The van der Waals surface area contributed by atoms with E-state index in [2.05, 4.69) is 50.9 Å². The quantitative estimate of drug-likeness (QED) is 0.313. The molecule has 7 heteroatoms. The molecule has 1 fully saturated rings. The van der Waals surface area contributed by atoms with Crippen LogP contribution in [0.1, 0.15) is 39.2 Å². The first-order valence-electron chi connectivity index (χ1n) is 9.51. The Hall–Kier alpha value is -1.35. The second kappa shape index (κ2) is 11.5. The molecule has 1 saturated heterocycles. The third-order valence-electron chi connectivity index (χ3n) is 4.82. The molecule has 0 bridgehead atoms. The number of carbonyl (C=O) groups excluding carboxylic acids is 1. The summed E-state index contributed by atoms with van der Waals surface area (Å²) in [4.78, 5) is 18.5. The van der Waals surface area contributed by atoms with Gasteiger partial charge in [0.25, 0.3) is 0 Å². The van der Waals surface area contributed by atoms with Crippen LogP contribution in [0.5, 0.6) is 0 Å². The van der Waals surface area contributed by atoms with Gasteiger partial charge in [0.1, 0.15) is 0 Å². The fourth-order valence-electron chi connectivity index (χ4n) is 2.95. The number of hydrogen-bond acceptors (Lipinski definition) is 3. The van der Waals surface area contributed by atoms with E-state index in [0.717, 1.165) is 45.0 Å². The molecule has 1 heterocycles. The number of hydrogen-bond donors (Lipinski definition) is 3. The molecule has 1 aliphatic heterocycles. The Morgan fingerprint density at radius 1 is 1.26 bits per heavy atom. The average molecular weight is 487 g/mol. The number of nitrogens with two attached hydrogens (primary N) is 1. The molecule has 0 radical (unpaired) electrons. The van der Waals surface area contributed by atoms with Gasteiger partial charge in [-0.2, -0.15) is 0 Å². The number of guanidine groups is 1. The van der Waals surface area contributed by atoms with Gasteiger partial charge < -0.3 is 16.4 Å². The Balaban J connectivity index is 0.00000364. The van der Waals surface area contributed by atoms with Crippen LogP contribution < -0.4 is 16.4 Å². The molecule has 27 heavy (non-hydrogen) atoms. The first kappa shape index (κ1) is 23.7. The van der Waals surface area contributed by atoms with Gasteiger partial charge in [0, 0.05) is 32.2 Å². The molecule has 0 aliphatic carbocycles. The molecule has 152 valence electrons. The SMILES string of the molecule is CCNC(=NCC(C)(C)C(N)=O)NC1CCN(Cc2ccccc2)CC1.I. The van der Waals surface area contributed by atoms with E-state index in [9.17, 15) is 4.79 Å². The number of likely N-dealkylation sites (tertiary alicyclic amines) is 1. The zero-order valence-corrected chi connectivity index (χ0v) is 19.0. The Labute approximate surface area is 180 Å². The van der Waals surface area contributed by atoms with E-state index in [0.29, 0.717) is 12.6 Å². The smallest absolute Gasteiger partial charge is 0.224 e. The van der Waals surface area contributed by atoms with Crippen molar-refractivity contribution in [2.24, 2.45) is 16.1 Å². The van der Waals surface area contributed by atoms with E-state index in [-0.39, 0.29) is 29.9 Å². The number of halogens is 1. The summed E-state index contributed by atoms with van der Waals surface area (Å²) >= 11 is 0. The molecule has 2 rings (SSSR count). The van der Waals surface area contributed by atoms with Gasteiger partial charge >= 0.3 is 0 Å². The van der Waals surface area contributed by atoms with Crippen molar-refractivity contribution in [3.05, 3.63) is 35.9 Å². The van der Waals surface area contributed by atoms with Crippen LogP contribution in [0.15, 0.2) is 35.3 Å². The lowest BCUT2D eigenvalue weighted by Gasteiger charge is -2.33. The third-order valence-corrected chi connectivity index (χ3v) is 4.82. The fourth-order valence-corrected chi connectivity index (χ4v) is 2.95. The Morgan fingerprint density at radius 3 is 2.44 bits per heavy atom. The highest BCUT2D eigenvalue weighted by molar-refractivity contribution is 14.0. The minimum atomic E-state index is -0.638. The maximum Gasteiger partial charge on any atom is 0.224 e. The van der Waals surface area contributed by atoms with Crippen molar-refractivity contribution in [1.29, 1.82) is 0 Å². The van der Waals surface area contributed by atoms with Gasteiger partial charge in [-0.25, -0.2) is 0 Å². The van der Waals surface area contributed by atoms with Gasteiger partial charge in [-0.15, -0.1) is 24.0 Å². The van der Waals surface area contributed by atoms with Crippen molar-refractivity contribution < 1.29 is 4.79 Å². The van der Waals surface area contributed by atoms with Crippen LogP contribution in [-0.4, -0.2) is 49.0 Å². The van der Waals surface area contributed by atoms with E-state index < -0.39 is 5.41 Å². The second-order valence-corrected chi connectivity index (χ2v) is 7.62. The van der Waals surface area contributed by atoms with Crippen molar-refractivity contribution in [2.75, 3.05) is 26.2 Å². The highest BCUT2D eigenvalue weighted by Crippen LogP contribution is 2.15. The van der Waals surface area contributed by atoms with Crippen LogP contribution in [0.3, 0.4) is 0 Å². The number of benzene rings is 1. The summed E-state index contributed by atoms with van der Waals surface area (Å²) in [6.07, 6.45) is 2.16. The minimum absolute atomic E-state index is 0. The van der Waals surface area contributed by atoms with Gasteiger partial charge in [-0.05, 0) is 39.2 Å². The van der Waals surface area contributed by atoms with Crippen LogP contribution in [-0.2, 0) is 11.3 Å². The van der Waals surface area contributed by atoms with Crippen LogP contribution >= 0.6 is 24.0 Å². The fraction of sp³-hybridized carbons (Fsp3) is 0.600. The molecule has 1 aromatic rings. The highest BCUT2D eigenvalue weighted by atomic mass is 127. The first-order chi connectivity index (χ1) is 12.4. The number of carbonyl (C=O) groups is 1. The number of primary amides is 1. The summed E-state index contributed by atoms with van der Waals surface area (Å²) < 4.78 is 0. The first-order valence-corrected chi connectivity index (χ1v) is 9.51. The number of nitrogens with zero attached hydrogens (tertiary/aromatic N) is 2. The van der Waals surface area contributed by atoms with Crippen molar-refractivity contribution >= 4 is 35.8 Å². The molecule has 0 aromatic heterocycles. The average Bonchev–Trinajstić information content (AvgIpc) is 2.62. The molecule has 0 unspecified atom stereocenters. The minimum Gasteiger partial charge on any atom is -0.369 e. The maximum absolute atomic E-state index is 11.5. The number of aliphatic imine (C=N–C) groups is 1. The van der Waals surface area contributed by atoms with E-state index >= 15 is 0 Å². The molecule has 1 aromatic carbocycles. The normalized spacial score (nSPS) is 16.5. The summed E-state index contributed by atoms with van der Waals surface area (Å²) in [7, 11) is 0. The zero-order chi connectivity index (χ0) is 19.0. The van der Waals surface area contributed by atoms with E-state index in [1.54, 1.807) is 0 Å². The van der Waals surface area contributed by atoms with Crippen molar-refractivity contribution in [2.45, 2.75) is 46.2 Å². The van der Waals surface area contributed by atoms with Crippen molar-refractivity contribution in [3.8, 4) is 0 Å². The molecule has 6 nitrogen and oxygen atoms in total. The lowest BCUT2D eigenvalue weighted by Crippen LogP contribution is -2.49. The summed E-state index contributed by atoms with van der Waals surface area (Å²) in [5, 5.41) is 6.78. The maximum atomic E-state index is 11.5. The second-order valence-electron chi connectivity index (χ2n) is 7.62. The van der Waals surface area contributed by atoms with Gasteiger partial charge in [0.2, 0.25) is 5.91 Å². The van der Waals surface area contributed by atoms with Crippen LogP contribution in [0.25, 0.3) is 0 Å². The summed E-state index contributed by atoms with van der Waals surface area (Å²) in [6, 6.07) is 11.0. The van der Waals surface area contributed by atoms with E-state index in [4.69, 9.17) is 5.73 Å². The predicted molar refractivity (Wildman–Crippen MR) is 122 cm³/mol. The Bertz CT molecular complexity index is 598. The topological polar surface area (TPSA) is 82.7 Å². The van der Waals surface area contributed by atoms with Crippen LogP contribution in [0.2, 0.25) is 0 Å². The standard InChI is InChI=1S/C20H33N5O.HI/c1-4-22-19(23-15-20(2,3)18(21)26)24-17-10-12-25(13-11-17)14-16-8-6-5-7-9-16;/h5-9,17H,4,10-15H2,1-3H3,(H2,21,26)(H2,22,23,24);1H. The molecular weight excluding hydrogens is 453 g/mol. The summed E-state index contributed by atoms with van der Waals surface area (Å²) in [6.45, 7) is 10.0.